The third-order valence-electron chi connectivity index (χ3n) is 1.73. The zero-order valence-corrected chi connectivity index (χ0v) is 12.7. The van der Waals surface area contributed by atoms with Crippen molar-refractivity contribution in [3.05, 3.63) is 0 Å². The minimum Gasteiger partial charge on any atom is -0.356 e. The van der Waals surface area contributed by atoms with E-state index in [0.29, 0.717) is 6.42 Å². The highest BCUT2D eigenvalue weighted by molar-refractivity contribution is 5.75. The SMILES string of the molecule is C.C.C.C.C.C.CCCNCC.CCNC.CCNC(=O)CC.[SiH4]. The van der Waals surface area contributed by atoms with Crippen LogP contribution in [-0.2, 0) is 4.79 Å². The Bertz CT molecular complexity index is 132. The smallest absolute Gasteiger partial charge is 0.219 e. The van der Waals surface area contributed by atoms with Gasteiger partial charge in [0.25, 0.3) is 0 Å². The number of hydrogen-bond donors (Lipinski definition) is 3. The maximum Gasteiger partial charge on any atom is 0.219 e. The van der Waals surface area contributed by atoms with Crippen LogP contribution in [0.4, 0.5) is 0 Å². The summed E-state index contributed by atoms with van der Waals surface area (Å²) in [6.07, 6.45) is 1.84. The van der Waals surface area contributed by atoms with Gasteiger partial charge in [-0.3, -0.25) is 4.79 Å². The van der Waals surface area contributed by atoms with Gasteiger partial charge in [-0.15, -0.1) is 0 Å². The average molecular weight is 376 g/mol. The standard InChI is InChI=1S/C5H11NO.C5H13N.C3H9N.6CH4.H4Si/c1-3-5(7)6-4-2;1-3-5-6-4-2;1-3-4-2;;;;;;;/h3-4H2,1-2H3,(H,6,7);6H,3-5H2,1-2H3;4H,3H2,1-2H3;7*1H4. The van der Waals surface area contributed by atoms with Crippen LogP contribution in [0.25, 0.3) is 0 Å². The van der Waals surface area contributed by atoms with Crippen molar-refractivity contribution in [3.63, 3.8) is 0 Å². The summed E-state index contributed by atoms with van der Waals surface area (Å²) < 4.78 is 0. The van der Waals surface area contributed by atoms with Gasteiger partial charge in [0.15, 0.2) is 0 Å². The summed E-state index contributed by atoms with van der Waals surface area (Å²) >= 11 is 0. The number of nitrogens with one attached hydrogen (secondary N) is 3. The van der Waals surface area contributed by atoms with E-state index in [1.807, 2.05) is 20.9 Å². The van der Waals surface area contributed by atoms with Crippen molar-refractivity contribution >= 4 is 16.9 Å². The van der Waals surface area contributed by atoms with Crippen molar-refractivity contribution in [2.75, 3.05) is 33.2 Å². The summed E-state index contributed by atoms with van der Waals surface area (Å²) in [5, 5.41) is 8.78. The van der Waals surface area contributed by atoms with Gasteiger partial charge in [-0.05, 0) is 51.0 Å². The lowest BCUT2D eigenvalue weighted by molar-refractivity contribution is -0.120. The van der Waals surface area contributed by atoms with E-state index in [2.05, 4.69) is 36.7 Å². The van der Waals surface area contributed by atoms with Crippen molar-refractivity contribution in [1.29, 1.82) is 0 Å². The first-order valence-corrected chi connectivity index (χ1v) is 6.76. The summed E-state index contributed by atoms with van der Waals surface area (Å²) in [6.45, 7) is 14.2. The Hall–Kier alpha value is -0.393. The molecule has 0 atom stereocenters. The van der Waals surface area contributed by atoms with Crippen LogP contribution in [0.5, 0.6) is 0 Å². The molecule has 0 spiro atoms. The molecule has 24 heavy (non-hydrogen) atoms. The monoisotopic (exact) mass is 375 g/mol. The topological polar surface area (TPSA) is 53.2 Å². The van der Waals surface area contributed by atoms with Gasteiger partial charge in [-0.1, -0.05) is 72.3 Å². The van der Waals surface area contributed by atoms with Crippen molar-refractivity contribution in [3.8, 4) is 0 Å². The molecule has 0 unspecified atom stereocenters. The summed E-state index contributed by atoms with van der Waals surface area (Å²) in [5.41, 5.74) is 0. The van der Waals surface area contributed by atoms with E-state index in [0.717, 1.165) is 26.2 Å². The molecule has 0 aromatic carbocycles. The molecule has 0 heterocycles. The molecule has 0 saturated carbocycles. The van der Waals surface area contributed by atoms with Crippen molar-refractivity contribution in [2.24, 2.45) is 0 Å². The van der Waals surface area contributed by atoms with E-state index < -0.39 is 0 Å². The van der Waals surface area contributed by atoms with Gasteiger partial charge in [-0.2, -0.15) is 0 Å². The van der Waals surface area contributed by atoms with Gasteiger partial charge >= 0.3 is 0 Å². The fourth-order valence-electron chi connectivity index (χ4n) is 0.676. The lowest BCUT2D eigenvalue weighted by atomic mass is 10.4. The fraction of sp³-hybridized carbons (Fsp3) is 0.947. The molecule has 0 aromatic rings. The minimum absolute atomic E-state index is 0. The zero-order chi connectivity index (χ0) is 13.9. The summed E-state index contributed by atoms with van der Waals surface area (Å²) in [4.78, 5) is 10.3. The Kier molecular flexibility index (Phi) is 213. The Balaban J connectivity index is -0.0000000137. The van der Waals surface area contributed by atoms with Crippen LogP contribution in [0.2, 0.25) is 0 Å². The average Bonchev–Trinajstić information content (AvgIpc) is 2.37. The first kappa shape index (κ1) is 65.2. The number of amides is 1. The summed E-state index contributed by atoms with van der Waals surface area (Å²) in [5.74, 6) is 0.127. The molecule has 4 nitrogen and oxygen atoms in total. The van der Waals surface area contributed by atoms with Crippen molar-refractivity contribution < 1.29 is 4.79 Å². The van der Waals surface area contributed by atoms with Crippen LogP contribution in [0, 0.1) is 0 Å². The lowest BCUT2D eigenvalue weighted by Crippen LogP contribution is -2.20. The first-order valence-electron chi connectivity index (χ1n) is 6.76. The Morgan fingerprint density at radius 3 is 1.21 bits per heavy atom. The minimum atomic E-state index is 0. The molecule has 0 fully saturated rings. The van der Waals surface area contributed by atoms with Gasteiger partial charge in [0.1, 0.15) is 0 Å². The number of carbonyl (C=O) groups excluding carboxylic acids is 1. The van der Waals surface area contributed by atoms with E-state index in [1.54, 1.807) is 0 Å². The van der Waals surface area contributed by atoms with Crippen LogP contribution in [0.3, 0.4) is 0 Å². The predicted molar refractivity (Wildman–Crippen MR) is 129 cm³/mol. The second-order valence-electron chi connectivity index (χ2n) is 3.37. The number of carbonyl (C=O) groups is 1. The molecule has 0 bridgehead atoms. The molecule has 0 aliphatic heterocycles. The van der Waals surface area contributed by atoms with E-state index in [4.69, 9.17) is 0 Å². The Morgan fingerprint density at radius 2 is 1.12 bits per heavy atom. The quantitative estimate of drug-likeness (QED) is 0.483. The maximum absolute atomic E-state index is 10.3. The summed E-state index contributed by atoms with van der Waals surface area (Å²) in [6, 6.07) is 0. The van der Waals surface area contributed by atoms with Gasteiger partial charge < -0.3 is 16.0 Å². The van der Waals surface area contributed by atoms with E-state index in [-0.39, 0.29) is 61.4 Å². The maximum atomic E-state index is 10.3. The number of hydrogen-bond acceptors (Lipinski definition) is 3. The Morgan fingerprint density at radius 1 is 0.750 bits per heavy atom. The van der Waals surface area contributed by atoms with Crippen LogP contribution in [-0.4, -0.2) is 50.1 Å². The molecule has 0 radical (unpaired) electrons. The van der Waals surface area contributed by atoms with Gasteiger partial charge in [0.05, 0.1) is 0 Å². The van der Waals surface area contributed by atoms with Crippen molar-refractivity contribution in [1.82, 2.24) is 16.0 Å². The highest BCUT2D eigenvalue weighted by atomic mass is 28.1. The fourth-order valence-corrected chi connectivity index (χ4v) is 0.676. The van der Waals surface area contributed by atoms with E-state index in [1.165, 1.54) is 6.42 Å². The third kappa shape index (κ3) is 124. The number of rotatable bonds is 6. The van der Waals surface area contributed by atoms with Crippen molar-refractivity contribution in [2.45, 2.75) is 92.0 Å². The molecule has 0 aromatic heterocycles. The normalized spacial score (nSPS) is 5.92. The second-order valence-corrected chi connectivity index (χ2v) is 3.37. The van der Waals surface area contributed by atoms with Gasteiger partial charge in [-0.25, -0.2) is 0 Å². The molecular weight excluding hydrogens is 314 g/mol. The van der Waals surface area contributed by atoms with E-state index in [9.17, 15) is 4.79 Å². The van der Waals surface area contributed by atoms with Crippen LogP contribution >= 0.6 is 0 Å². The molecule has 162 valence electrons. The van der Waals surface area contributed by atoms with Crippen LogP contribution in [0.1, 0.15) is 92.0 Å². The molecule has 5 heteroatoms. The molecule has 0 rings (SSSR count). The van der Waals surface area contributed by atoms with Gasteiger partial charge in [0, 0.05) is 13.0 Å². The van der Waals surface area contributed by atoms with Gasteiger partial charge in [0.2, 0.25) is 5.91 Å². The molecule has 0 aliphatic rings. The largest absolute Gasteiger partial charge is 0.356 e. The molecule has 0 aliphatic carbocycles. The molecule has 3 N–H and O–H groups in total. The Labute approximate surface area is 163 Å². The highest BCUT2D eigenvalue weighted by Gasteiger charge is 1.88. The first-order chi connectivity index (χ1) is 8.14. The van der Waals surface area contributed by atoms with Crippen LogP contribution < -0.4 is 16.0 Å². The second kappa shape index (κ2) is 78.3. The highest BCUT2D eigenvalue weighted by Crippen LogP contribution is 1.71. The third-order valence-corrected chi connectivity index (χ3v) is 1.73. The molecule has 0 saturated heterocycles. The molecule has 1 amide bonds. The zero-order valence-electron chi connectivity index (χ0n) is 12.7. The predicted octanol–water partition coefficient (Wildman–Crippen LogP) is 4.13. The lowest BCUT2D eigenvalue weighted by Gasteiger charge is -1.93. The summed E-state index contributed by atoms with van der Waals surface area (Å²) in [7, 11) is 1.93. The molecular formula is C19H61N3OSi. The van der Waals surface area contributed by atoms with Crippen LogP contribution in [0.15, 0.2) is 0 Å². The van der Waals surface area contributed by atoms with E-state index >= 15 is 0 Å².